The van der Waals surface area contributed by atoms with Crippen molar-refractivity contribution in [2.24, 2.45) is 10.7 Å². The van der Waals surface area contributed by atoms with E-state index in [1.54, 1.807) is 24.3 Å². The molecule has 1 fully saturated rings. The van der Waals surface area contributed by atoms with Crippen molar-refractivity contribution in [1.82, 2.24) is 4.72 Å². The number of hydrogen-bond acceptors (Lipinski definition) is 3. The molecule has 6 nitrogen and oxygen atoms in total. The van der Waals surface area contributed by atoms with Crippen LogP contribution in [0, 0.1) is 6.92 Å². The van der Waals surface area contributed by atoms with Gasteiger partial charge in [-0.25, -0.2) is 18.1 Å². The fraction of sp³-hybridized carbons (Fsp3) is 0.278. The van der Waals surface area contributed by atoms with E-state index in [1.165, 1.54) is 5.56 Å². The fourth-order valence-corrected chi connectivity index (χ4v) is 3.57. The predicted octanol–water partition coefficient (Wildman–Crippen LogP) is 2.98. The van der Waals surface area contributed by atoms with Crippen LogP contribution < -0.4 is 15.8 Å². The van der Waals surface area contributed by atoms with Crippen molar-refractivity contribution < 1.29 is 8.42 Å². The van der Waals surface area contributed by atoms with Crippen LogP contribution in [0.2, 0.25) is 0 Å². The largest absolute Gasteiger partial charge is 0.370 e. The van der Waals surface area contributed by atoms with Gasteiger partial charge in [0, 0.05) is 11.7 Å². The molecule has 0 aliphatic heterocycles. The number of benzene rings is 2. The molecule has 2 aromatic carbocycles. The van der Waals surface area contributed by atoms with Crippen molar-refractivity contribution >= 4 is 45.6 Å². The van der Waals surface area contributed by atoms with Gasteiger partial charge in [-0.1, -0.05) is 29.8 Å². The van der Waals surface area contributed by atoms with Crippen molar-refractivity contribution in [3.05, 3.63) is 59.7 Å². The number of guanidine groups is 1. The first-order valence-electron chi connectivity index (χ1n) is 8.17. The molecule has 0 atom stereocenters. The number of rotatable bonds is 6. The molecule has 4 N–H and O–H groups in total. The molecule has 2 aromatic rings. The number of anilines is 1. The van der Waals surface area contributed by atoms with Crippen LogP contribution in [0.15, 0.2) is 58.4 Å². The Balaban J connectivity index is 0.00000243. The molecule has 0 heterocycles. The van der Waals surface area contributed by atoms with Gasteiger partial charge in [-0.15, -0.1) is 24.0 Å². The van der Waals surface area contributed by atoms with Gasteiger partial charge in [0.2, 0.25) is 10.0 Å². The van der Waals surface area contributed by atoms with Crippen molar-refractivity contribution in [2.45, 2.75) is 37.2 Å². The maximum absolute atomic E-state index is 12.1. The first-order valence-corrected chi connectivity index (χ1v) is 9.65. The number of nitrogens with zero attached hydrogens (tertiary/aromatic N) is 1. The van der Waals surface area contributed by atoms with E-state index in [0.29, 0.717) is 12.5 Å². The maximum atomic E-state index is 12.1. The average Bonchev–Trinajstić information content (AvgIpc) is 3.39. The average molecular weight is 486 g/mol. The van der Waals surface area contributed by atoms with Crippen molar-refractivity contribution in [3.63, 3.8) is 0 Å². The number of hydrogen-bond donors (Lipinski definition) is 3. The number of nitrogens with one attached hydrogen (secondary N) is 2. The molecule has 3 rings (SSSR count). The monoisotopic (exact) mass is 486 g/mol. The molecule has 1 aliphatic rings. The summed E-state index contributed by atoms with van der Waals surface area (Å²) < 4.78 is 26.9. The van der Waals surface area contributed by atoms with Crippen LogP contribution in [0.4, 0.5) is 5.69 Å². The standard InChI is InChI=1S/C18H22N4O2S.HI/c1-13-2-6-15(7-3-13)21-18(19)20-12-14-4-10-17(11-5-14)25(23,24)22-16-8-9-16;/h2-7,10-11,16,22H,8-9,12H2,1H3,(H3,19,20,21);1H. The molecule has 0 saturated heterocycles. The summed E-state index contributed by atoms with van der Waals surface area (Å²) in [5, 5.41) is 3.03. The zero-order valence-corrected chi connectivity index (χ0v) is 17.6. The van der Waals surface area contributed by atoms with Gasteiger partial charge >= 0.3 is 0 Å². The van der Waals surface area contributed by atoms with E-state index in [2.05, 4.69) is 15.0 Å². The Hall–Kier alpha value is -1.65. The minimum Gasteiger partial charge on any atom is -0.370 e. The normalized spacial score (nSPS) is 14.6. The Labute approximate surface area is 171 Å². The smallest absolute Gasteiger partial charge is 0.240 e. The van der Waals surface area contributed by atoms with Crippen LogP contribution in [-0.4, -0.2) is 20.4 Å². The van der Waals surface area contributed by atoms with Crippen LogP contribution >= 0.6 is 24.0 Å². The van der Waals surface area contributed by atoms with Crippen LogP contribution in [0.25, 0.3) is 0 Å². The van der Waals surface area contributed by atoms with Gasteiger partial charge in [-0.3, -0.25) is 0 Å². The summed E-state index contributed by atoms with van der Waals surface area (Å²) in [6.07, 6.45) is 1.83. The highest BCUT2D eigenvalue weighted by molar-refractivity contribution is 14.0. The van der Waals surface area contributed by atoms with E-state index >= 15 is 0 Å². The number of aliphatic imine (C=N–C) groups is 1. The Morgan fingerprint density at radius 3 is 2.31 bits per heavy atom. The topological polar surface area (TPSA) is 96.6 Å². The highest BCUT2D eigenvalue weighted by Crippen LogP contribution is 2.22. The third kappa shape index (κ3) is 5.96. The number of nitrogens with two attached hydrogens (primary N) is 1. The Bertz CT molecular complexity index is 861. The number of sulfonamides is 1. The van der Waals surface area contributed by atoms with Gasteiger partial charge in [-0.2, -0.15) is 0 Å². The SMILES string of the molecule is Cc1ccc(NC(N)=NCc2ccc(S(=O)(=O)NC3CC3)cc2)cc1.I. The van der Waals surface area contributed by atoms with Crippen molar-refractivity contribution in [3.8, 4) is 0 Å². The van der Waals surface area contributed by atoms with Crippen LogP contribution in [0.5, 0.6) is 0 Å². The molecule has 0 bridgehead atoms. The Kier molecular flexibility index (Phi) is 7.01. The van der Waals surface area contributed by atoms with E-state index < -0.39 is 10.0 Å². The zero-order chi connectivity index (χ0) is 17.9. The zero-order valence-electron chi connectivity index (χ0n) is 14.5. The van der Waals surface area contributed by atoms with Gasteiger partial charge in [0.25, 0.3) is 0 Å². The van der Waals surface area contributed by atoms with Crippen LogP contribution in [0.1, 0.15) is 24.0 Å². The van der Waals surface area contributed by atoms with Crippen molar-refractivity contribution in [2.75, 3.05) is 5.32 Å². The van der Waals surface area contributed by atoms with E-state index in [1.807, 2.05) is 31.2 Å². The second kappa shape index (κ2) is 8.83. The number of aryl methyl sites for hydroxylation is 1. The molecular formula is C18H23IN4O2S. The summed E-state index contributed by atoms with van der Waals surface area (Å²) in [5.74, 6) is 0.316. The molecule has 0 aromatic heterocycles. The van der Waals surface area contributed by atoms with Crippen LogP contribution in [-0.2, 0) is 16.6 Å². The Morgan fingerprint density at radius 1 is 1.12 bits per heavy atom. The first kappa shape index (κ1) is 20.7. The second-order valence-electron chi connectivity index (χ2n) is 6.23. The highest BCUT2D eigenvalue weighted by Gasteiger charge is 2.27. The van der Waals surface area contributed by atoms with Gasteiger partial charge in [-0.05, 0) is 49.6 Å². The summed E-state index contributed by atoms with van der Waals surface area (Å²) >= 11 is 0. The van der Waals surface area contributed by atoms with Gasteiger partial charge in [0.1, 0.15) is 0 Å². The van der Waals surface area contributed by atoms with Gasteiger partial charge < -0.3 is 11.1 Å². The third-order valence-electron chi connectivity index (χ3n) is 3.89. The molecular weight excluding hydrogens is 463 g/mol. The van der Waals surface area contributed by atoms with E-state index in [-0.39, 0.29) is 34.9 Å². The van der Waals surface area contributed by atoms with Gasteiger partial charge in [0.05, 0.1) is 11.4 Å². The van der Waals surface area contributed by atoms with E-state index in [9.17, 15) is 8.42 Å². The molecule has 8 heteroatoms. The van der Waals surface area contributed by atoms with E-state index in [0.717, 1.165) is 24.1 Å². The fourth-order valence-electron chi connectivity index (χ4n) is 2.26. The lowest BCUT2D eigenvalue weighted by molar-refractivity contribution is 0.581. The summed E-state index contributed by atoms with van der Waals surface area (Å²) in [4.78, 5) is 4.56. The third-order valence-corrected chi connectivity index (χ3v) is 5.43. The maximum Gasteiger partial charge on any atom is 0.240 e. The molecule has 0 unspecified atom stereocenters. The quantitative estimate of drug-likeness (QED) is 0.332. The molecule has 26 heavy (non-hydrogen) atoms. The molecule has 1 saturated carbocycles. The van der Waals surface area contributed by atoms with E-state index in [4.69, 9.17) is 5.73 Å². The summed E-state index contributed by atoms with van der Waals surface area (Å²) in [7, 11) is -3.41. The molecule has 0 radical (unpaired) electrons. The molecule has 0 amide bonds. The minimum atomic E-state index is -3.41. The van der Waals surface area contributed by atoms with Gasteiger partial charge in [0.15, 0.2) is 5.96 Å². The second-order valence-corrected chi connectivity index (χ2v) is 7.95. The Morgan fingerprint density at radius 2 is 1.73 bits per heavy atom. The molecule has 140 valence electrons. The number of halogens is 1. The summed E-state index contributed by atoms with van der Waals surface area (Å²) in [5.41, 5.74) is 8.82. The summed E-state index contributed by atoms with van der Waals surface area (Å²) in [6, 6.07) is 14.7. The minimum absolute atomic E-state index is 0. The summed E-state index contributed by atoms with van der Waals surface area (Å²) in [6.45, 7) is 2.40. The first-order chi connectivity index (χ1) is 11.9. The lowest BCUT2D eigenvalue weighted by Gasteiger charge is -2.07. The molecule has 0 spiro atoms. The lowest BCUT2D eigenvalue weighted by atomic mass is 10.2. The highest BCUT2D eigenvalue weighted by atomic mass is 127. The predicted molar refractivity (Wildman–Crippen MR) is 115 cm³/mol. The molecule has 1 aliphatic carbocycles. The van der Waals surface area contributed by atoms with Crippen molar-refractivity contribution in [1.29, 1.82) is 0 Å². The lowest BCUT2D eigenvalue weighted by Crippen LogP contribution is -2.25. The van der Waals surface area contributed by atoms with Crippen LogP contribution in [0.3, 0.4) is 0 Å².